The van der Waals surface area contributed by atoms with E-state index in [1.54, 1.807) is 0 Å². The molecule has 1 aromatic heterocycles. The second-order valence-electron chi connectivity index (χ2n) is 2.81. The van der Waals surface area contributed by atoms with E-state index in [9.17, 15) is 9.18 Å². The van der Waals surface area contributed by atoms with Crippen LogP contribution in [0.15, 0.2) is 18.2 Å². The van der Waals surface area contributed by atoms with E-state index in [4.69, 9.17) is 16.7 Å². The van der Waals surface area contributed by atoms with Crippen molar-refractivity contribution in [3.8, 4) is 0 Å². The number of aromatic nitrogens is 1. The van der Waals surface area contributed by atoms with Gasteiger partial charge < -0.3 is 10.1 Å². The second kappa shape index (κ2) is 2.99. The van der Waals surface area contributed by atoms with Gasteiger partial charge in [-0.3, -0.25) is 0 Å². The SMILES string of the molecule is O=C(O)c1cc2c(F)c(Cl)ccc2[nH]1. The van der Waals surface area contributed by atoms with Crippen LogP contribution in [0.4, 0.5) is 4.39 Å². The molecule has 0 bridgehead atoms. The van der Waals surface area contributed by atoms with Crippen molar-refractivity contribution >= 4 is 28.5 Å². The van der Waals surface area contributed by atoms with Crippen LogP contribution in [0.5, 0.6) is 0 Å². The number of carboxylic acids is 1. The molecule has 1 aromatic carbocycles. The monoisotopic (exact) mass is 213 g/mol. The number of rotatable bonds is 1. The van der Waals surface area contributed by atoms with Crippen LogP contribution in [0.25, 0.3) is 10.9 Å². The van der Waals surface area contributed by atoms with E-state index in [1.165, 1.54) is 18.2 Å². The van der Waals surface area contributed by atoms with Crippen molar-refractivity contribution in [1.29, 1.82) is 0 Å². The number of aromatic carboxylic acids is 1. The molecule has 0 spiro atoms. The molecule has 72 valence electrons. The molecule has 0 aliphatic rings. The number of nitrogens with one attached hydrogen (secondary N) is 1. The van der Waals surface area contributed by atoms with E-state index in [2.05, 4.69) is 4.98 Å². The normalized spacial score (nSPS) is 10.7. The molecule has 2 rings (SSSR count). The van der Waals surface area contributed by atoms with Crippen LogP contribution in [0.3, 0.4) is 0 Å². The Morgan fingerprint density at radius 1 is 1.50 bits per heavy atom. The second-order valence-corrected chi connectivity index (χ2v) is 3.22. The topological polar surface area (TPSA) is 53.1 Å². The lowest BCUT2D eigenvalue weighted by molar-refractivity contribution is 0.0691. The molecule has 0 saturated carbocycles. The van der Waals surface area contributed by atoms with Crippen LogP contribution >= 0.6 is 11.6 Å². The van der Waals surface area contributed by atoms with Gasteiger partial charge in [0.25, 0.3) is 0 Å². The number of hydrogen-bond donors (Lipinski definition) is 2. The zero-order valence-corrected chi connectivity index (χ0v) is 7.60. The molecule has 1 heterocycles. The Labute approximate surface area is 83.1 Å². The van der Waals surface area contributed by atoms with Crippen molar-refractivity contribution in [3.05, 3.63) is 34.7 Å². The third-order valence-electron chi connectivity index (χ3n) is 1.92. The van der Waals surface area contributed by atoms with Gasteiger partial charge in [0.1, 0.15) is 5.69 Å². The van der Waals surface area contributed by atoms with E-state index >= 15 is 0 Å². The van der Waals surface area contributed by atoms with Crippen molar-refractivity contribution in [2.24, 2.45) is 0 Å². The quantitative estimate of drug-likeness (QED) is 0.765. The van der Waals surface area contributed by atoms with Crippen molar-refractivity contribution in [3.63, 3.8) is 0 Å². The van der Waals surface area contributed by atoms with Gasteiger partial charge in [-0.05, 0) is 18.2 Å². The Morgan fingerprint density at radius 2 is 2.21 bits per heavy atom. The first-order chi connectivity index (χ1) is 6.59. The molecule has 0 aliphatic carbocycles. The molecule has 0 amide bonds. The van der Waals surface area contributed by atoms with Crippen LogP contribution in [0.1, 0.15) is 10.5 Å². The maximum absolute atomic E-state index is 13.3. The molecule has 3 nitrogen and oxygen atoms in total. The maximum Gasteiger partial charge on any atom is 0.352 e. The Hall–Kier alpha value is -1.55. The van der Waals surface area contributed by atoms with Crippen LogP contribution < -0.4 is 0 Å². The molecule has 0 atom stereocenters. The van der Waals surface area contributed by atoms with Gasteiger partial charge in [-0.25, -0.2) is 9.18 Å². The van der Waals surface area contributed by atoms with Gasteiger partial charge in [-0.2, -0.15) is 0 Å². The number of fused-ring (bicyclic) bond motifs is 1. The number of aromatic amines is 1. The molecular formula is C9H5ClFNO2. The van der Waals surface area contributed by atoms with E-state index < -0.39 is 11.8 Å². The highest BCUT2D eigenvalue weighted by atomic mass is 35.5. The fraction of sp³-hybridized carbons (Fsp3) is 0. The van der Waals surface area contributed by atoms with Crippen LogP contribution in [-0.4, -0.2) is 16.1 Å². The van der Waals surface area contributed by atoms with Crippen molar-refractivity contribution in [2.45, 2.75) is 0 Å². The van der Waals surface area contributed by atoms with Crippen molar-refractivity contribution in [2.75, 3.05) is 0 Å². The minimum absolute atomic E-state index is 0.0200. The van der Waals surface area contributed by atoms with E-state index in [0.717, 1.165) is 0 Å². The van der Waals surface area contributed by atoms with Crippen LogP contribution in [-0.2, 0) is 0 Å². The van der Waals surface area contributed by atoms with E-state index in [0.29, 0.717) is 5.52 Å². The molecule has 0 saturated heterocycles. The zero-order valence-electron chi connectivity index (χ0n) is 6.84. The van der Waals surface area contributed by atoms with Gasteiger partial charge in [0.2, 0.25) is 0 Å². The van der Waals surface area contributed by atoms with Gasteiger partial charge in [0.05, 0.1) is 5.02 Å². The molecule has 2 N–H and O–H groups in total. The van der Waals surface area contributed by atoms with Crippen molar-refractivity contribution < 1.29 is 14.3 Å². The van der Waals surface area contributed by atoms with E-state index in [1.807, 2.05) is 0 Å². The van der Waals surface area contributed by atoms with Gasteiger partial charge >= 0.3 is 5.97 Å². The number of benzene rings is 1. The predicted octanol–water partition coefficient (Wildman–Crippen LogP) is 2.66. The summed E-state index contributed by atoms with van der Waals surface area (Å²) < 4.78 is 13.3. The first kappa shape index (κ1) is 9.02. The number of H-pyrrole nitrogens is 1. The summed E-state index contributed by atoms with van der Waals surface area (Å²) in [6.07, 6.45) is 0. The summed E-state index contributed by atoms with van der Waals surface area (Å²) in [4.78, 5) is 13.1. The molecule has 5 heteroatoms. The fourth-order valence-electron chi connectivity index (χ4n) is 1.26. The summed E-state index contributed by atoms with van der Waals surface area (Å²) >= 11 is 5.54. The standard InChI is InChI=1S/C9H5ClFNO2/c10-5-1-2-6-4(8(5)11)3-7(12-6)9(13)14/h1-3,12H,(H,13,14). The summed E-state index contributed by atoms with van der Waals surface area (Å²) in [7, 11) is 0. The number of carboxylic acid groups (broad SMARTS) is 1. The van der Waals surface area contributed by atoms with Gasteiger partial charge in [0, 0.05) is 10.9 Å². The molecule has 0 fully saturated rings. The van der Waals surface area contributed by atoms with Crippen LogP contribution in [0.2, 0.25) is 5.02 Å². The summed E-state index contributed by atoms with van der Waals surface area (Å²) in [5.74, 6) is -1.73. The smallest absolute Gasteiger partial charge is 0.352 e. The average molecular weight is 214 g/mol. The molecule has 2 aromatic rings. The lowest BCUT2D eigenvalue weighted by atomic mass is 10.2. The molecule has 0 radical (unpaired) electrons. The number of halogens is 2. The molecule has 0 unspecified atom stereocenters. The van der Waals surface area contributed by atoms with Crippen LogP contribution in [0, 0.1) is 5.82 Å². The Balaban J connectivity index is 2.77. The largest absolute Gasteiger partial charge is 0.477 e. The Morgan fingerprint density at radius 3 is 2.86 bits per heavy atom. The maximum atomic E-state index is 13.3. The lowest BCUT2D eigenvalue weighted by Gasteiger charge is -1.93. The zero-order chi connectivity index (χ0) is 10.3. The third-order valence-corrected chi connectivity index (χ3v) is 2.21. The first-order valence-electron chi connectivity index (χ1n) is 3.79. The predicted molar refractivity (Wildman–Crippen MR) is 50.2 cm³/mol. The van der Waals surface area contributed by atoms with Gasteiger partial charge in [0.15, 0.2) is 5.82 Å². The molecular weight excluding hydrogens is 209 g/mol. The average Bonchev–Trinajstić information content (AvgIpc) is 2.56. The van der Waals surface area contributed by atoms with Crippen molar-refractivity contribution in [1.82, 2.24) is 4.98 Å². The van der Waals surface area contributed by atoms with E-state index in [-0.39, 0.29) is 16.1 Å². The number of carbonyl (C=O) groups is 1. The molecule has 14 heavy (non-hydrogen) atoms. The molecule has 0 aliphatic heterocycles. The highest BCUT2D eigenvalue weighted by molar-refractivity contribution is 6.31. The Bertz CT molecular complexity index is 521. The summed E-state index contributed by atoms with van der Waals surface area (Å²) in [6, 6.07) is 4.13. The third kappa shape index (κ3) is 1.24. The van der Waals surface area contributed by atoms with Gasteiger partial charge in [-0.1, -0.05) is 11.6 Å². The summed E-state index contributed by atoms with van der Waals surface area (Å²) in [5.41, 5.74) is 0.366. The highest BCUT2D eigenvalue weighted by Crippen LogP contribution is 2.24. The fourth-order valence-corrected chi connectivity index (χ4v) is 1.42. The summed E-state index contributed by atoms with van der Waals surface area (Å²) in [5, 5.41) is 8.83. The summed E-state index contributed by atoms with van der Waals surface area (Å²) in [6.45, 7) is 0. The first-order valence-corrected chi connectivity index (χ1v) is 4.17. The Kier molecular flexibility index (Phi) is 1.93. The van der Waals surface area contributed by atoms with Gasteiger partial charge in [-0.15, -0.1) is 0 Å². The highest BCUT2D eigenvalue weighted by Gasteiger charge is 2.12. The lowest BCUT2D eigenvalue weighted by Crippen LogP contribution is -1.94. The minimum atomic E-state index is -1.13. The minimum Gasteiger partial charge on any atom is -0.477 e. The number of hydrogen-bond acceptors (Lipinski definition) is 1.